The van der Waals surface area contributed by atoms with Gasteiger partial charge in [0.2, 0.25) is 0 Å². The summed E-state index contributed by atoms with van der Waals surface area (Å²) in [7, 11) is 0. The van der Waals surface area contributed by atoms with E-state index in [1.807, 2.05) is 0 Å². The summed E-state index contributed by atoms with van der Waals surface area (Å²) in [5.74, 6) is 0.633. The lowest BCUT2D eigenvalue weighted by Gasteiger charge is -2.18. The SMILES string of the molecule is CCC1OC1C(C)Cc1c(C)c(C)cc(C)c1C. The van der Waals surface area contributed by atoms with E-state index in [9.17, 15) is 0 Å². The maximum absolute atomic E-state index is 5.74. The van der Waals surface area contributed by atoms with Crippen molar-refractivity contribution < 1.29 is 4.74 Å². The first-order valence-corrected chi connectivity index (χ1v) is 7.17. The molecule has 1 fully saturated rings. The van der Waals surface area contributed by atoms with E-state index in [1.165, 1.54) is 22.3 Å². The minimum Gasteiger partial charge on any atom is -0.369 e. The third-order valence-corrected chi connectivity index (χ3v) is 4.63. The Labute approximate surface area is 112 Å². The lowest BCUT2D eigenvalue weighted by atomic mass is 9.87. The topological polar surface area (TPSA) is 12.5 Å². The molecule has 0 aliphatic carbocycles. The van der Waals surface area contributed by atoms with Crippen LogP contribution in [0, 0.1) is 33.6 Å². The van der Waals surface area contributed by atoms with Crippen molar-refractivity contribution in [2.75, 3.05) is 0 Å². The maximum atomic E-state index is 5.74. The number of ether oxygens (including phenoxy) is 1. The Morgan fingerprint density at radius 3 is 2.11 bits per heavy atom. The summed E-state index contributed by atoms with van der Waals surface area (Å²) >= 11 is 0. The summed E-state index contributed by atoms with van der Waals surface area (Å²) < 4.78 is 5.74. The van der Waals surface area contributed by atoms with Gasteiger partial charge < -0.3 is 4.74 Å². The second-order valence-electron chi connectivity index (χ2n) is 5.97. The molecule has 3 unspecified atom stereocenters. The van der Waals surface area contributed by atoms with E-state index in [4.69, 9.17) is 4.74 Å². The highest BCUT2D eigenvalue weighted by molar-refractivity contribution is 5.44. The molecule has 1 nitrogen and oxygen atoms in total. The van der Waals surface area contributed by atoms with Gasteiger partial charge in [0.1, 0.15) is 0 Å². The summed E-state index contributed by atoms with van der Waals surface area (Å²) in [5, 5.41) is 0. The zero-order valence-electron chi connectivity index (χ0n) is 12.6. The Morgan fingerprint density at radius 1 is 1.11 bits per heavy atom. The molecule has 1 saturated heterocycles. The Hall–Kier alpha value is -0.820. The number of hydrogen-bond donors (Lipinski definition) is 0. The van der Waals surface area contributed by atoms with Crippen LogP contribution in [-0.2, 0) is 11.2 Å². The Kier molecular flexibility index (Phi) is 3.82. The molecule has 0 N–H and O–H groups in total. The molecule has 100 valence electrons. The molecule has 1 aromatic carbocycles. The smallest absolute Gasteiger partial charge is 0.0870 e. The van der Waals surface area contributed by atoms with Gasteiger partial charge in [-0.05, 0) is 74.3 Å². The largest absolute Gasteiger partial charge is 0.369 e. The minimum atomic E-state index is 0.495. The normalized spacial score (nSPS) is 24.1. The fourth-order valence-electron chi connectivity index (χ4n) is 3.03. The summed E-state index contributed by atoms with van der Waals surface area (Å²) in [6.45, 7) is 13.5. The molecule has 0 radical (unpaired) electrons. The van der Waals surface area contributed by atoms with Crippen molar-refractivity contribution in [3.05, 3.63) is 33.9 Å². The van der Waals surface area contributed by atoms with Crippen LogP contribution in [0.1, 0.15) is 48.1 Å². The number of epoxide rings is 1. The van der Waals surface area contributed by atoms with Gasteiger partial charge in [0.25, 0.3) is 0 Å². The lowest BCUT2D eigenvalue weighted by molar-refractivity contribution is 0.322. The summed E-state index contributed by atoms with van der Waals surface area (Å²) in [4.78, 5) is 0. The van der Waals surface area contributed by atoms with Crippen LogP contribution in [0.2, 0.25) is 0 Å². The summed E-state index contributed by atoms with van der Waals surface area (Å²) in [6, 6.07) is 2.31. The highest BCUT2D eigenvalue weighted by Gasteiger charge is 2.41. The Balaban J connectivity index is 2.19. The van der Waals surface area contributed by atoms with E-state index >= 15 is 0 Å². The van der Waals surface area contributed by atoms with E-state index in [2.05, 4.69) is 47.6 Å². The first-order valence-electron chi connectivity index (χ1n) is 7.17. The van der Waals surface area contributed by atoms with Gasteiger partial charge in [0.05, 0.1) is 12.2 Å². The molecule has 0 bridgehead atoms. The van der Waals surface area contributed by atoms with Crippen molar-refractivity contribution in [2.24, 2.45) is 5.92 Å². The van der Waals surface area contributed by atoms with Crippen LogP contribution in [0.4, 0.5) is 0 Å². The van der Waals surface area contributed by atoms with Crippen molar-refractivity contribution in [3.63, 3.8) is 0 Å². The Bertz CT molecular complexity index is 421. The van der Waals surface area contributed by atoms with Crippen LogP contribution in [0.15, 0.2) is 6.07 Å². The molecule has 3 atom stereocenters. The molecule has 1 heterocycles. The second-order valence-corrected chi connectivity index (χ2v) is 5.97. The van der Waals surface area contributed by atoms with Crippen LogP contribution >= 0.6 is 0 Å². The molecule has 1 aromatic rings. The van der Waals surface area contributed by atoms with Gasteiger partial charge in [0, 0.05) is 0 Å². The van der Waals surface area contributed by atoms with Gasteiger partial charge in [-0.3, -0.25) is 0 Å². The fraction of sp³-hybridized carbons (Fsp3) is 0.647. The van der Waals surface area contributed by atoms with Gasteiger partial charge in [-0.15, -0.1) is 0 Å². The van der Waals surface area contributed by atoms with Gasteiger partial charge in [0.15, 0.2) is 0 Å². The number of rotatable bonds is 4. The van der Waals surface area contributed by atoms with E-state index in [0.29, 0.717) is 18.1 Å². The van der Waals surface area contributed by atoms with Crippen LogP contribution in [-0.4, -0.2) is 12.2 Å². The zero-order chi connectivity index (χ0) is 13.4. The third-order valence-electron chi connectivity index (χ3n) is 4.63. The Morgan fingerprint density at radius 2 is 1.67 bits per heavy atom. The van der Waals surface area contributed by atoms with Crippen molar-refractivity contribution >= 4 is 0 Å². The number of hydrogen-bond acceptors (Lipinski definition) is 1. The average molecular weight is 246 g/mol. The molecular formula is C17H26O. The highest BCUT2D eigenvalue weighted by atomic mass is 16.6. The molecular weight excluding hydrogens is 220 g/mol. The number of benzene rings is 1. The van der Waals surface area contributed by atoms with E-state index in [-0.39, 0.29) is 0 Å². The molecule has 0 saturated carbocycles. The third kappa shape index (κ3) is 2.47. The first kappa shape index (κ1) is 13.6. The van der Waals surface area contributed by atoms with E-state index in [1.54, 1.807) is 5.56 Å². The van der Waals surface area contributed by atoms with Gasteiger partial charge in [-0.2, -0.15) is 0 Å². The van der Waals surface area contributed by atoms with Crippen LogP contribution in [0.25, 0.3) is 0 Å². The zero-order valence-corrected chi connectivity index (χ0v) is 12.6. The van der Waals surface area contributed by atoms with Gasteiger partial charge in [-0.1, -0.05) is 19.9 Å². The van der Waals surface area contributed by atoms with Crippen molar-refractivity contribution in [1.29, 1.82) is 0 Å². The van der Waals surface area contributed by atoms with Crippen molar-refractivity contribution in [1.82, 2.24) is 0 Å². The van der Waals surface area contributed by atoms with Gasteiger partial charge in [-0.25, -0.2) is 0 Å². The summed E-state index contributed by atoms with van der Waals surface area (Å²) in [6.07, 6.45) is 3.32. The van der Waals surface area contributed by atoms with E-state index in [0.717, 1.165) is 12.8 Å². The fourth-order valence-corrected chi connectivity index (χ4v) is 3.03. The molecule has 1 heteroatoms. The predicted molar refractivity (Wildman–Crippen MR) is 77.2 cm³/mol. The van der Waals surface area contributed by atoms with Crippen LogP contribution < -0.4 is 0 Å². The quantitative estimate of drug-likeness (QED) is 0.723. The molecule has 1 aliphatic heterocycles. The number of aryl methyl sites for hydroxylation is 2. The molecule has 1 aliphatic rings. The molecule has 0 amide bonds. The molecule has 2 rings (SSSR count). The van der Waals surface area contributed by atoms with Crippen molar-refractivity contribution in [3.8, 4) is 0 Å². The molecule has 0 aromatic heterocycles. The highest BCUT2D eigenvalue weighted by Crippen LogP contribution is 2.35. The molecule has 0 spiro atoms. The monoisotopic (exact) mass is 246 g/mol. The maximum Gasteiger partial charge on any atom is 0.0870 e. The summed E-state index contributed by atoms with van der Waals surface area (Å²) in [5.41, 5.74) is 7.33. The standard InChI is InChI=1S/C17H26O/c1-7-16-17(18-16)12(4)9-15-13(5)10(2)8-11(3)14(15)6/h8,12,16-17H,7,9H2,1-6H3. The minimum absolute atomic E-state index is 0.495. The van der Waals surface area contributed by atoms with Crippen LogP contribution in [0.5, 0.6) is 0 Å². The van der Waals surface area contributed by atoms with E-state index < -0.39 is 0 Å². The van der Waals surface area contributed by atoms with Crippen molar-refractivity contribution in [2.45, 2.75) is 66.6 Å². The average Bonchev–Trinajstić information content (AvgIpc) is 3.11. The molecule has 18 heavy (non-hydrogen) atoms. The van der Waals surface area contributed by atoms with Gasteiger partial charge >= 0.3 is 0 Å². The second kappa shape index (κ2) is 5.05. The first-order chi connectivity index (χ1) is 8.45. The van der Waals surface area contributed by atoms with Crippen LogP contribution in [0.3, 0.4) is 0 Å². The lowest BCUT2D eigenvalue weighted by Crippen LogP contribution is -2.12. The predicted octanol–water partition coefficient (Wildman–Crippen LogP) is 4.28.